The van der Waals surface area contributed by atoms with Crippen molar-refractivity contribution < 1.29 is 4.79 Å². The lowest BCUT2D eigenvalue weighted by molar-refractivity contribution is -0.120. The molecule has 7 heteroatoms. The molecular formula is C23H28N5OP. The summed E-state index contributed by atoms with van der Waals surface area (Å²) < 4.78 is 0. The van der Waals surface area contributed by atoms with Crippen LogP contribution in [0.4, 0.5) is 17.1 Å². The van der Waals surface area contributed by atoms with Crippen LogP contribution in [0.2, 0.25) is 0 Å². The molecule has 3 rings (SSSR count). The van der Waals surface area contributed by atoms with Crippen molar-refractivity contribution in [3.05, 3.63) is 83.4 Å². The molecular weight excluding hydrogens is 393 g/mol. The molecule has 0 bridgehead atoms. The Bertz CT molecular complexity index is 991. The fraction of sp³-hybridized carbons (Fsp3) is 0.174. The number of carbonyl (C=O) groups excluding carboxylic acids is 1. The third kappa shape index (κ3) is 6.21. The number of nitrogens with one attached hydrogen (secondary N) is 3. The summed E-state index contributed by atoms with van der Waals surface area (Å²) in [5.41, 5.74) is 14.4. The van der Waals surface area contributed by atoms with Gasteiger partial charge in [0.1, 0.15) is 0 Å². The van der Waals surface area contributed by atoms with Gasteiger partial charge in [-0.3, -0.25) is 10.6 Å². The first-order chi connectivity index (χ1) is 14.5. The van der Waals surface area contributed by atoms with E-state index in [0.29, 0.717) is 18.7 Å². The van der Waals surface area contributed by atoms with Crippen LogP contribution >= 0.6 is 9.24 Å². The molecule has 0 saturated carbocycles. The van der Waals surface area contributed by atoms with Crippen molar-refractivity contribution in [2.24, 2.45) is 5.84 Å². The molecule has 7 N–H and O–H groups in total. The number of anilines is 3. The summed E-state index contributed by atoms with van der Waals surface area (Å²) in [5, 5.41) is 7.41. The number of rotatable bonds is 9. The largest absolute Gasteiger partial charge is 0.397 e. The lowest BCUT2D eigenvalue weighted by Gasteiger charge is -2.13. The normalized spacial score (nSPS) is 10.5. The Morgan fingerprint density at radius 3 is 2.40 bits per heavy atom. The van der Waals surface area contributed by atoms with Crippen molar-refractivity contribution in [3.63, 3.8) is 0 Å². The first kappa shape index (κ1) is 21.6. The molecule has 0 spiro atoms. The van der Waals surface area contributed by atoms with E-state index in [9.17, 15) is 4.79 Å². The molecule has 0 aliphatic heterocycles. The van der Waals surface area contributed by atoms with E-state index in [1.807, 2.05) is 66.7 Å². The monoisotopic (exact) mass is 421 g/mol. The molecule has 0 saturated heterocycles. The van der Waals surface area contributed by atoms with Gasteiger partial charge in [0.2, 0.25) is 5.91 Å². The minimum absolute atomic E-state index is 0.0315. The van der Waals surface area contributed by atoms with Crippen LogP contribution in [0.3, 0.4) is 0 Å². The first-order valence-electron chi connectivity index (χ1n) is 9.83. The van der Waals surface area contributed by atoms with Gasteiger partial charge in [-0.05, 0) is 46.6 Å². The highest BCUT2D eigenvalue weighted by atomic mass is 31.0. The van der Waals surface area contributed by atoms with Gasteiger partial charge in [-0.2, -0.15) is 0 Å². The number of hydrazine groups is 1. The average molecular weight is 421 g/mol. The topological polar surface area (TPSA) is 105 Å². The van der Waals surface area contributed by atoms with E-state index in [1.54, 1.807) is 0 Å². The molecule has 0 radical (unpaired) electrons. The molecule has 0 heterocycles. The number of nitrogen functional groups attached to an aromatic ring is 2. The summed E-state index contributed by atoms with van der Waals surface area (Å²) in [6.45, 7) is 1.23. The van der Waals surface area contributed by atoms with Crippen molar-refractivity contribution in [1.29, 1.82) is 0 Å². The second-order valence-corrected chi connectivity index (χ2v) is 7.76. The zero-order valence-corrected chi connectivity index (χ0v) is 18.0. The van der Waals surface area contributed by atoms with Gasteiger partial charge in [-0.1, -0.05) is 48.5 Å². The molecule has 3 aromatic rings. The Balaban J connectivity index is 1.49. The number of hydrogen-bond acceptors (Lipinski definition) is 5. The highest BCUT2D eigenvalue weighted by molar-refractivity contribution is 7.27. The molecule has 0 aliphatic rings. The molecule has 6 nitrogen and oxygen atoms in total. The maximum atomic E-state index is 12.3. The average Bonchev–Trinajstić information content (AvgIpc) is 2.75. The Morgan fingerprint density at radius 1 is 0.933 bits per heavy atom. The van der Waals surface area contributed by atoms with Crippen LogP contribution in [0.15, 0.2) is 66.7 Å². The quantitative estimate of drug-likeness (QED) is 0.158. The number of nitrogens with two attached hydrogens (primary N) is 2. The number of hydrogen-bond donors (Lipinski definition) is 5. The van der Waals surface area contributed by atoms with Gasteiger partial charge < -0.3 is 21.8 Å². The number of carbonyl (C=O) groups is 1. The molecule has 0 aliphatic carbocycles. The van der Waals surface area contributed by atoms with E-state index >= 15 is 0 Å². The summed E-state index contributed by atoms with van der Waals surface area (Å²) in [6.07, 6.45) is 1.10. The summed E-state index contributed by atoms with van der Waals surface area (Å²) in [5.74, 6) is 5.52. The van der Waals surface area contributed by atoms with Gasteiger partial charge in [0.15, 0.2) is 0 Å². The van der Waals surface area contributed by atoms with Crippen LogP contribution in [-0.2, 0) is 24.2 Å². The van der Waals surface area contributed by atoms with Crippen LogP contribution in [0.5, 0.6) is 0 Å². The highest BCUT2D eigenvalue weighted by Crippen LogP contribution is 2.21. The van der Waals surface area contributed by atoms with E-state index in [0.717, 1.165) is 46.3 Å². The summed E-state index contributed by atoms with van der Waals surface area (Å²) >= 11 is 0. The summed E-state index contributed by atoms with van der Waals surface area (Å²) in [4.78, 5) is 12.3. The molecule has 0 aromatic heterocycles. The van der Waals surface area contributed by atoms with Gasteiger partial charge in [-0.25, -0.2) is 0 Å². The number of para-hydroxylation sites is 1. The van der Waals surface area contributed by atoms with Crippen molar-refractivity contribution in [1.82, 2.24) is 5.32 Å². The van der Waals surface area contributed by atoms with Gasteiger partial charge in [0, 0.05) is 13.1 Å². The smallest absolute Gasteiger partial charge is 0.224 e. The minimum atomic E-state index is -0.0315. The third-order valence-electron chi connectivity index (χ3n) is 4.83. The zero-order chi connectivity index (χ0) is 21.3. The Kier molecular flexibility index (Phi) is 7.66. The molecule has 156 valence electrons. The fourth-order valence-corrected chi connectivity index (χ4v) is 3.37. The Morgan fingerprint density at radius 2 is 1.67 bits per heavy atom. The molecule has 1 atom stereocenters. The molecule has 1 unspecified atom stereocenters. The van der Waals surface area contributed by atoms with Gasteiger partial charge in [-0.15, -0.1) is 9.24 Å². The van der Waals surface area contributed by atoms with E-state index in [1.165, 1.54) is 0 Å². The highest BCUT2D eigenvalue weighted by Gasteiger charge is 2.07. The maximum absolute atomic E-state index is 12.3. The van der Waals surface area contributed by atoms with Gasteiger partial charge in [0.05, 0.1) is 23.5 Å². The van der Waals surface area contributed by atoms with Gasteiger partial charge in [0.25, 0.3) is 0 Å². The lowest BCUT2D eigenvalue weighted by atomic mass is 10.1. The van der Waals surface area contributed by atoms with E-state index in [2.05, 4.69) is 25.3 Å². The zero-order valence-electron chi connectivity index (χ0n) is 16.8. The second kappa shape index (κ2) is 10.6. The van der Waals surface area contributed by atoms with Crippen molar-refractivity contribution in [2.45, 2.75) is 19.4 Å². The molecule has 3 aromatic carbocycles. The number of benzene rings is 3. The molecule has 0 fully saturated rings. The van der Waals surface area contributed by atoms with Crippen LogP contribution in [0.1, 0.15) is 16.7 Å². The van der Waals surface area contributed by atoms with Crippen LogP contribution in [0, 0.1) is 0 Å². The van der Waals surface area contributed by atoms with E-state index in [4.69, 9.17) is 11.6 Å². The van der Waals surface area contributed by atoms with Crippen molar-refractivity contribution in [2.75, 3.05) is 23.0 Å². The molecule has 30 heavy (non-hydrogen) atoms. The van der Waals surface area contributed by atoms with Crippen molar-refractivity contribution >= 4 is 37.5 Å². The fourth-order valence-electron chi connectivity index (χ4n) is 3.18. The standard InChI is InChI=1S/C23H28N5OP/c24-20-13-17(14-23(29)27-15-16-5-8-19(30)9-6-16)7-10-22(20)26-12-11-18-3-1-2-4-21(18)28-25/h1-10,13,26,28H,11-12,14-15,24-25,30H2,(H,27,29). The lowest BCUT2D eigenvalue weighted by Crippen LogP contribution is -2.24. The molecule has 1 amide bonds. The first-order valence-corrected chi connectivity index (χ1v) is 10.4. The predicted molar refractivity (Wildman–Crippen MR) is 129 cm³/mol. The minimum Gasteiger partial charge on any atom is -0.397 e. The Hall–Kier alpha value is -3.08. The maximum Gasteiger partial charge on any atom is 0.224 e. The van der Waals surface area contributed by atoms with E-state index in [-0.39, 0.29) is 5.91 Å². The van der Waals surface area contributed by atoms with Gasteiger partial charge >= 0.3 is 0 Å². The van der Waals surface area contributed by atoms with Crippen molar-refractivity contribution in [3.8, 4) is 0 Å². The summed E-state index contributed by atoms with van der Waals surface area (Å²) in [7, 11) is 2.65. The van der Waals surface area contributed by atoms with Crippen LogP contribution < -0.4 is 32.9 Å². The predicted octanol–water partition coefficient (Wildman–Crippen LogP) is 2.57. The second-order valence-electron chi connectivity index (χ2n) is 7.09. The third-order valence-corrected chi connectivity index (χ3v) is 5.22. The van der Waals surface area contributed by atoms with Crippen LogP contribution in [0.25, 0.3) is 0 Å². The SMILES string of the molecule is NNc1ccccc1CCNc1ccc(CC(=O)NCc2ccc(P)cc2)cc1N. The van der Waals surface area contributed by atoms with Crippen LogP contribution in [-0.4, -0.2) is 12.5 Å². The number of amides is 1. The Labute approximate surface area is 179 Å². The van der Waals surface area contributed by atoms with E-state index < -0.39 is 0 Å². The summed E-state index contributed by atoms with van der Waals surface area (Å²) in [6, 6.07) is 21.6.